The van der Waals surface area contributed by atoms with Gasteiger partial charge in [-0.1, -0.05) is 0 Å². The Hall–Kier alpha value is -1.87. The highest BCUT2D eigenvalue weighted by Gasteiger charge is 2.15. The first-order valence-corrected chi connectivity index (χ1v) is 9.16. The number of hydrogen-bond acceptors (Lipinski definition) is 6. The van der Waals surface area contributed by atoms with Crippen molar-refractivity contribution in [1.82, 2.24) is 9.97 Å². The Morgan fingerprint density at radius 3 is 2.80 bits per heavy atom. The number of nitrogen functional groups attached to an aromatic ring is 1. The van der Waals surface area contributed by atoms with E-state index in [-0.39, 0.29) is 6.29 Å². The van der Waals surface area contributed by atoms with Gasteiger partial charge in [0.1, 0.15) is 26.7 Å². The molecule has 6 nitrogen and oxygen atoms in total. The van der Waals surface area contributed by atoms with E-state index in [1.165, 1.54) is 0 Å². The molecule has 1 atom stereocenters. The average molecular weight is 453 g/mol. The Labute approximate surface area is 160 Å². The Balaban J connectivity index is 1.76. The zero-order valence-electron chi connectivity index (χ0n) is 13.9. The van der Waals surface area contributed by atoms with E-state index in [0.29, 0.717) is 17.3 Å². The summed E-state index contributed by atoms with van der Waals surface area (Å²) in [5, 5.41) is 0. The zero-order chi connectivity index (χ0) is 17.6. The SMILES string of the molecule is COC(=Cc1nc(I)cnc1N)c1ccc(OC2CCCCO2)cc1. The standard InChI is InChI=1S/C18H20IN3O3/c1-23-15(10-14-18(20)21-11-16(19)22-14)12-5-7-13(8-6-12)25-17-4-2-3-9-24-17/h5-8,10-11,17H,2-4,9H2,1H3,(H2,20,21). The van der Waals surface area contributed by atoms with Crippen LogP contribution in [0, 0.1) is 3.70 Å². The second kappa shape index (κ2) is 8.48. The van der Waals surface area contributed by atoms with Gasteiger partial charge >= 0.3 is 0 Å². The van der Waals surface area contributed by atoms with Crippen LogP contribution in [0.25, 0.3) is 11.8 Å². The molecule has 0 amide bonds. The topological polar surface area (TPSA) is 79.5 Å². The second-order valence-corrected chi connectivity index (χ2v) is 6.72. The van der Waals surface area contributed by atoms with Crippen LogP contribution in [0.15, 0.2) is 30.5 Å². The fourth-order valence-electron chi connectivity index (χ4n) is 2.53. The molecule has 25 heavy (non-hydrogen) atoms. The third kappa shape index (κ3) is 4.82. The first-order valence-electron chi connectivity index (χ1n) is 8.08. The molecular weight excluding hydrogens is 433 g/mol. The molecule has 1 aliphatic rings. The number of methoxy groups -OCH3 is 1. The van der Waals surface area contributed by atoms with Crippen molar-refractivity contribution in [3.8, 4) is 5.75 Å². The predicted octanol–water partition coefficient (Wildman–Crippen LogP) is 3.71. The minimum absolute atomic E-state index is 0.154. The van der Waals surface area contributed by atoms with Crippen LogP contribution < -0.4 is 10.5 Å². The summed E-state index contributed by atoms with van der Waals surface area (Å²) in [6.45, 7) is 0.762. The first kappa shape index (κ1) is 17.9. The van der Waals surface area contributed by atoms with Crippen molar-refractivity contribution in [1.29, 1.82) is 0 Å². The van der Waals surface area contributed by atoms with Crippen molar-refractivity contribution >= 4 is 40.2 Å². The summed E-state index contributed by atoms with van der Waals surface area (Å²) in [7, 11) is 1.61. The maximum absolute atomic E-state index is 5.89. The molecular formula is C18H20IN3O3. The molecule has 2 N–H and O–H groups in total. The maximum atomic E-state index is 5.89. The highest BCUT2D eigenvalue weighted by molar-refractivity contribution is 14.1. The number of nitrogens with two attached hydrogens (primary N) is 1. The number of aromatic nitrogens is 2. The Bertz CT molecular complexity index is 744. The summed E-state index contributed by atoms with van der Waals surface area (Å²) in [5.74, 6) is 1.80. The molecule has 1 aromatic heterocycles. The molecule has 1 saturated heterocycles. The van der Waals surface area contributed by atoms with E-state index >= 15 is 0 Å². The van der Waals surface area contributed by atoms with Crippen LogP contribution in [-0.2, 0) is 9.47 Å². The van der Waals surface area contributed by atoms with E-state index < -0.39 is 0 Å². The van der Waals surface area contributed by atoms with Gasteiger partial charge in [-0.05, 0) is 59.7 Å². The van der Waals surface area contributed by atoms with Gasteiger partial charge in [-0.2, -0.15) is 0 Å². The van der Waals surface area contributed by atoms with Gasteiger partial charge in [-0.15, -0.1) is 0 Å². The molecule has 0 bridgehead atoms. The summed E-state index contributed by atoms with van der Waals surface area (Å²) in [5.41, 5.74) is 7.37. The average Bonchev–Trinajstić information content (AvgIpc) is 2.64. The van der Waals surface area contributed by atoms with E-state index in [4.69, 9.17) is 19.9 Å². The number of rotatable bonds is 5. The second-order valence-electron chi connectivity index (χ2n) is 5.61. The van der Waals surface area contributed by atoms with Crippen molar-refractivity contribution in [2.45, 2.75) is 25.6 Å². The van der Waals surface area contributed by atoms with Gasteiger partial charge < -0.3 is 19.9 Å². The fraction of sp³-hybridized carbons (Fsp3) is 0.333. The lowest BCUT2D eigenvalue weighted by atomic mass is 10.1. The van der Waals surface area contributed by atoms with Crippen LogP contribution >= 0.6 is 22.6 Å². The van der Waals surface area contributed by atoms with E-state index in [0.717, 1.165) is 40.9 Å². The molecule has 1 aliphatic heterocycles. The Morgan fingerprint density at radius 1 is 1.32 bits per heavy atom. The Kier molecular flexibility index (Phi) is 6.09. The lowest BCUT2D eigenvalue weighted by molar-refractivity contribution is -0.105. The van der Waals surface area contributed by atoms with Crippen LogP contribution in [0.4, 0.5) is 5.82 Å². The van der Waals surface area contributed by atoms with Gasteiger partial charge in [0.15, 0.2) is 6.29 Å². The molecule has 1 aromatic carbocycles. The van der Waals surface area contributed by atoms with Gasteiger partial charge in [0, 0.05) is 18.1 Å². The number of hydrogen-bond donors (Lipinski definition) is 1. The molecule has 132 valence electrons. The highest BCUT2D eigenvalue weighted by atomic mass is 127. The highest BCUT2D eigenvalue weighted by Crippen LogP contribution is 2.24. The van der Waals surface area contributed by atoms with E-state index in [1.807, 2.05) is 24.3 Å². The van der Waals surface area contributed by atoms with Crippen molar-refractivity contribution in [2.75, 3.05) is 19.5 Å². The molecule has 1 unspecified atom stereocenters. The summed E-state index contributed by atoms with van der Waals surface area (Å²) in [6.07, 6.45) is 6.42. The summed E-state index contributed by atoms with van der Waals surface area (Å²) >= 11 is 2.10. The molecule has 2 aromatic rings. The van der Waals surface area contributed by atoms with Gasteiger partial charge in [0.05, 0.1) is 19.9 Å². The van der Waals surface area contributed by atoms with Crippen molar-refractivity contribution in [2.24, 2.45) is 0 Å². The minimum atomic E-state index is -0.154. The van der Waals surface area contributed by atoms with Crippen LogP contribution in [0.2, 0.25) is 0 Å². The van der Waals surface area contributed by atoms with Crippen LogP contribution in [-0.4, -0.2) is 30.0 Å². The number of ether oxygens (including phenoxy) is 3. The lowest BCUT2D eigenvalue weighted by Gasteiger charge is -2.23. The van der Waals surface area contributed by atoms with E-state index in [1.54, 1.807) is 19.4 Å². The Morgan fingerprint density at radius 2 is 2.12 bits per heavy atom. The molecule has 0 radical (unpaired) electrons. The van der Waals surface area contributed by atoms with Gasteiger partial charge in [0.2, 0.25) is 0 Å². The van der Waals surface area contributed by atoms with Crippen LogP contribution in [0.5, 0.6) is 5.75 Å². The monoisotopic (exact) mass is 453 g/mol. The number of halogens is 1. The van der Waals surface area contributed by atoms with Crippen molar-refractivity contribution in [3.05, 3.63) is 45.4 Å². The summed E-state index contributed by atoms with van der Waals surface area (Å²) in [6, 6.07) is 7.68. The third-order valence-electron chi connectivity index (χ3n) is 3.83. The van der Waals surface area contributed by atoms with E-state index in [2.05, 4.69) is 32.6 Å². The normalized spacial score (nSPS) is 18.0. The van der Waals surface area contributed by atoms with Crippen molar-refractivity contribution < 1.29 is 14.2 Å². The number of nitrogens with zero attached hydrogens (tertiary/aromatic N) is 2. The van der Waals surface area contributed by atoms with Crippen LogP contribution in [0.1, 0.15) is 30.5 Å². The summed E-state index contributed by atoms with van der Waals surface area (Å²) in [4.78, 5) is 8.49. The number of anilines is 1. The molecule has 1 fully saturated rings. The first-order chi connectivity index (χ1) is 12.2. The third-order valence-corrected chi connectivity index (χ3v) is 4.35. The fourth-order valence-corrected chi connectivity index (χ4v) is 2.93. The predicted molar refractivity (Wildman–Crippen MR) is 105 cm³/mol. The van der Waals surface area contributed by atoms with Gasteiger partial charge in [-0.3, -0.25) is 0 Å². The zero-order valence-corrected chi connectivity index (χ0v) is 16.1. The van der Waals surface area contributed by atoms with Crippen LogP contribution in [0.3, 0.4) is 0 Å². The molecule has 0 saturated carbocycles. The van der Waals surface area contributed by atoms with Gasteiger partial charge in [-0.25, -0.2) is 9.97 Å². The minimum Gasteiger partial charge on any atom is -0.496 e. The lowest BCUT2D eigenvalue weighted by Crippen LogP contribution is -2.24. The van der Waals surface area contributed by atoms with Gasteiger partial charge in [0.25, 0.3) is 0 Å². The van der Waals surface area contributed by atoms with Crippen molar-refractivity contribution in [3.63, 3.8) is 0 Å². The summed E-state index contributed by atoms with van der Waals surface area (Å²) < 4.78 is 17.7. The molecule has 2 heterocycles. The molecule has 0 spiro atoms. The maximum Gasteiger partial charge on any atom is 0.199 e. The largest absolute Gasteiger partial charge is 0.496 e. The smallest absolute Gasteiger partial charge is 0.199 e. The quantitative estimate of drug-likeness (QED) is 0.550. The molecule has 7 heteroatoms. The van der Waals surface area contributed by atoms with E-state index in [9.17, 15) is 0 Å². The molecule has 3 rings (SSSR count). The number of benzene rings is 1. The molecule has 0 aliphatic carbocycles.